The monoisotopic (exact) mass is 281 g/mol. The van der Waals surface area contributed by atoms with Crippen LogP contribution in [0.3, 0.4) is 0 Å². The minimum atomic E-state index is -0.102. The molecule has 0 saturated heterocycles. The summed E-state index contributed by atoms with van der Waals surface area (Å²) in [4.78, 5) is 12.4. The predicted molar refractivity (Wildman–Crippen MR) is 76.9 cm³/mol. The van der Waals surface area contributed by atoms with Crippen LogP contribution in [0.2, 0.25) is 0 Å². The number of ether oxygens (including phenoxy) is 1. The van der Waals surface area contributed by atoms with Gasteiger partial charge < -0.3 is 10.1 Å². The van der Waals surface area contributed by atoms with Crippen molar-refractivity contribution in [3.05, 3.63) is 29.8 Å². The number of fused-ring (bicyclic) bond motifs is 1. The second-order valence-corrected chi connectivity index (χ2v) is 5.20. The Morgan fingerprint density at radius 2 is 2.32 bits per heavy atom. The van der Waals surface area contributed by atoms with Crippen LogP contribution in [0, 0.1) is 0 Å². The van der Waals surface area contributed by atoms with Crippen LogP contribution in [-0.4, -0.2) is 24.4 Å². The van der Waals surface area contributed by atoms with E-state index in [9.17, 15) is 4.79 Å². The second kappa shape index (κ2) is 6.80. The fourth-order valence-electron chi connectivity index (χ4n) is 2.43. The molecule has 0 saturated carbocycles. The van der Waals surface area contributed by atoms with Crippen LogP contribution in [0.5, 0.6) is 5.75 Å². The zero-order valence-corrected chi connectivity index (χ0v) is 12.0. The Labute approximate surface area is 119 Å². The first-order valence-corrected chi connectivity index (χ1v) is 7.37. The summed E-state index contributed by atoms with van der Waals surface area (Å²) in [6.45, 7) is 2.66. The molecule has 1 aliphatic heterocycles. The molecule has 19 heavy (non-hydrogen) atoms. The van der Waals surface area contributed by atoms with Crippen LogP contribution in [-0.2, 0) is 4.79 Å². The molecular formula is C15H20ClNO2. The van der Waals surface area contributed by atoms with Crippen LogP contribution in [0.4, 0.5) is 0 Å². The van der Waals surface area contributed by atoms with Crippen molar-refractivity contribution in [2.24, 2.45) is 0 Å². The third-order valence-electron chi connectivity index (χ3n) is 3.57. The normalized spacial score (nSPS) is 19.2. The summed E-state index contributed by atoms with van der Waals surface area (Å²) in [5, 5.41) is 3.10. The molecule has 0 aromatic heterocycles. The predicted octanol–water partition coefficient (Wildman–Crippen LogP) is 3.08. The molecule has 0 radical (unpaired) electrons. The number of alkyl halides is 1. The van der Waals surface area contributed by atoms with Gasteiger partial charge in [0.1, 0.15) is 5.75 Å². The van der Waals surface area contributed by atoms with Crippen LogP contribution in [0.25, 0.3) is 0 Å². The smallest absolute Gasteiger partial charge is 0.228 e. The standard InChI is InChI=1S/C15H20ClNO2/c1-2-11(7-9-16)17-15(18)13-8-10-19-14-6-4-3-5-12(13)14/h3-6,11,13H,2,7-10H2,1H3,(H,17,18). The molecule has 0 fully saturated rings. The summed E-state index contributed by atoms with van der Waals surface area (Å²) >= 11 is 5.75. The Hall–Kier alpha value is -1.22. The molecule has 104 valence electrons. The zero-order chi connectivity index (χ0) is 13.7. The van der Waals surface area contributed by atoms with Gasteiger partial charge in [0.05, 0.1) is 12.5 Å². The lowest BCUT2D eigenvalue weighted by Crippen LogP contribution is -2.39. The average Bonchev–Trinajstić information content (AvgIpc) is 2.46. The van der Waals surface area contributed by atoms with Gasteiger partial charge in [-0.2, -0.15) is 0 Å². The number of carbonyl (C=O) groups excluding carboxylic acids is 1. The lowest BCUT2D eigenvalue weighted by molar-refractivity contribution is -0.124. The first kappa shape index (κ1) is 14.2. The highest BCUT2D eigenvalue weighted by Gasteiger charge is 2.28. The van der Waals surface area contributed by atoms with Crippen LogP contribution < -0.4 is 10.1 Å². The van der Waals surface area contributed by atoms with Gasteiger partial charge in [-0.15, -0.1) is 11.6 Å². The van der Waals surface area contributed by atoms with Gasteiger partial charge in [0.15, 0.2) is 0 Å². The second-order valence-electron chi connectivity index (χ2n) is 4.82. The number of carbonyl (C=O) groups is 1. The number of amides is 1. The van der Waals surface area contributed by atoms with E-state index in [0.717, 1.165) is 30.6 Å². The van der Waals surface area contributed by atoms with Gasteiger partial charge >= 0.3 is 0 Å². The van der Waals surface area contributed by atoms with Gasteiger partial charge in [0.25, 0.3) is 0 Å². The summed E-state index contributed by atoms with van der Waals surface area (Å²) in [5.74, 6) is 1.39. The van der Waals surface area contributed by atoms with Gasteiger partial charge in [-0.1, -0.05) is 25.1 Å². The SMILES string of the molecule is CCC(CCCl)NC(=O)C1CCOc2ccccc21. The van der Waals surface area contributed by atoms with E-state index in [1.54, 1.807) is 0 Å². The maximum absolute atomic E-state index is 12.4. The Morgan fingerprint density at radius 3 is 3.05 bits per heavy atom. The van der Waals surface area contributed by atoms with Crippen LogP contribution in [0.15, 0.2) is 24.3 Å². The quantitative estimate of drug-likeness (QED) is 0.843. The molecule has 1 aliphatic rings. The maximum Gasteiger partial charge on any atom is 0.228 e. The van der Waals surface area contributed by atoms with E-state index in [2.05, 4.69) is 12.2 Å². The lowest BCUT2D eigenvalue weighted by Gasteiger charge is -2.27. The molecule has 0 aliphatic carbocycles. The number of hydrogen-bond donors (Lipinski definition) is 1. The zero-order valence-electron chi connectivity index (χ0n) is 11.2. The summed E-state index contributed by atoms with van der Waals surface area (Å²) in [5.41, 5.74) is 0.993. The fourth-order valence-corrected chi connectivity index (χ4v) is 2.69. The van der Waals surface area contributed by atoms with E-state index < -0.39 is 0 Å². The highest BCUT2D eigenvalue weighted by atomic mass is 35.5. The largest absolute Gasteiger partial charge is 0.493 e. The minimum Gasteiger partial charge on any atom is -0.493 e. The molecule has 1 heterocycles. The lowest BCUT2D eigenvalue weighted by atomic mass is 9.92. The van der Waals surface area contributed by atoms with Gasteiger partial charge in [-0.25, -0.2) is 0 Å². The van der Waals surface area contributed by atoms with Crippen LogP contribution >= 0.6 is 11.6 Å². The molecule has 1 aromatic carbocycles. The average molecular weight is 282 g/mol. The molecule has 1 amide bonds. The summed E-state index contributed by atoms with van der Waals surface area (Å²) in [6.07, 6.45) is 2.46. The molecule has 2 rings (SSSR count). The van der Waals surface area contributed by atoms with Crippen molar-refractivity contribution in [1.29, 1.82) is 0 Å². The molecule has 0 bridgehead atoms. The molecule has 0 spiro atoms. The van der Waals surface area contributed by atoms with E-state index in [4.69, 9.17) is 16.3 Å². The van der Waals surface area contributed by atoms with E-state index in [0.29, 0.717) is 12.5 Å². The number of para-hydroxylation sites is 1. The van der Waals surface area contributed by atoms with E-state index >= 15 is 0 Å². The molecular weight excluding hydrogens is 262 g/mol. The highest BCUT2D eigenvalue weighted by Crippen LogP contribution is 2.33. The Kier molecular flexibility index (Phi) is 5.08. The van der Waals surface area contributed by atoms with Crippen molar-refractivity contribution in [1.82, 2.24) is 5.32 Å². The number of hydrogen-bond acceptors (Lipinski definition) is 2. The third kappa shape index (κ3) is 3.41. The first-order chi connectivity index (χ1) is 9.26. The van der Waals surface area contributed by atoms with Gasteiger partial charge in [-0.05, 0) is 25.3 Å². The topological polar surface area (TPSA) is 38.3 Å². The molecule has 4 heteroatoms. The molecule has 1 N–H and O–H groups in total. The van der Waals surface area contributed by atoms with Crippen molar-refractivity contribution < 1.29 is 9.53 Å². The van der Waals surface area contributed by atoms with Crippen molar-refractivity contribution in [2.45, 2.75) is 38.1 Å². The number of benzene rings is 1. The van der Waals surface area contributed by atoms with E-state index in [1.165, 1.54) is 0 Å². The highest BCUT2D eigenvalue weighted by molar-refractivity contribution is 6.17. The molecule has 1 aromatic rings. The molecule has 3 nitrogen and oxygen atoms in total. The van der Waals surface area contributed by atoms with E-state index in [1.807, 2.05) is 24.3 Å². The Morgan fingerprint density at radius 1 is 1.53 bits per heavy atom. The Bertz CT molecular complexity index is 436. The van der Waals surface area contributed by atoms with Gasteiger partial charge in [0, 0.05) is 17.5 Å². The number of rotatable bonds is 5. The molecule has 2 atom stereocenters. The Balaban J connectivity index is 2.08. The van der Waals surface area contributed by atoms with Crippen molar-refractivity contribution in [3.63, 3.8) is 0 Å². The van der Waals surface area contributed by atoms with E-state index in [-0.39, 0.29) is 17.9 Å². The number of nitrogens with one attached hydrogen (secondary N) is 1. The van der Waals surface area contributed by atoms with Crippen molar-refractivity contribution in [2.75, 3.05) is 12.5 Å². The summed E-state index contributed by atoms with van der Waals surface area (Å²) in [7, 11) is 0. The summed E-state index contributed by atoms with van der Waals surface area (Å²) < 4.78 is 5.58. The first-order valence-electron chi connectivity index (χ1n) is 6.84. The van der Waals surface area contributed by atoms with Crippen molar-refractivity contribution in [3.8, 4) is 5.75 Å². The van der Waals surface area contributed by atoms with Crippen molar-refractivity contribution >= 4 is 17.5 Å². The number of halogens is 1. The molecule has 2 unspecified atom stereocenters. The summed E-state index contributed by atoms with van der Waals surface area (Å²) in [6, 6.07) is 7.94. The fraction of sp³-hybridized carbons (Fsp3) is 0.533. The van der Waals surface area contributed by atoms with Gasteiger partial charge in [0.2, 0.25) is 5.91 Å². The minimum absolute atomic E-state index is 0.0905. The van der Waals surface area contributed by atoms with Gasteiger partial charge in [-0.3, -0.25) is 4.79 Å². The van der Waals surface area contributed by atoms with Crippen LogP contribution in [0.1, 0.15) is 37.7 Å². The third-order valence-corrected chi connectivity index (χ3v) is 3.79. The maximum atomic E-state index is 12.4.